The van der Waals surface area contributed by atoms with E-state index in [2.05, 4.69) is 6.92 Å². The summed E-state index contributed by atoms with van der Waals surface area (Å²) in [4.78, 5) is 0. The maximum atomic E-state index is 9.85. The van der Waals surface area contributed by atoms with Gasteiger partial charge < -0.3 is 10.2 Å². The van der Waals surface area contributed by atoms with Crippen molar-refractivity contribution in [3.8, 4) is 0 Å². The lowest BCUT2D eigenvalue weighted by Crippen LogP contribution is -2.41. The second kappa shape index (κ2) is 5.55. The van der Waals surface area contributed by atoms with Crippen molar-refractivity contribution >= 4 is 0 Å². The maximum Gasteiger partial charge on any atom is 0.0900 e. The van der Waals surface area contributed by atoms with E-state index in [9.17, 15) is 10.2 Å². The average molecular weight is 173 g/mol. The molecule has 0 aliphatic heterocycles. The fourth-order valence-corrected chi connectivity index (χ4v) is 1.33. The summed E-state index contributed by atoms with van der Waals surface area (Å²) >= 11 is 0. The minimum atomic E-state index is -0.880. The second-order valence-corrected chi connectivity index (χ2v) is 3.32. The predicted molar refractivity (Wildman–Crippen MR) is 50.7 cm³/mol. The van der Waals surface area contributed by atoms with Crippen LogP contribution in [0.2, 0.25) is 0 Å². The fourth-order valence-electron chi connectivity index (χ4n) is 1.33. The summed E-state index contributed by atoms with van der Waals surface area (Å²) < 4.78 is 0. The van der Waals surface area contributed by atoms with Crippen LogP contribution >= 0.6 is 0 Å². The molecule has 0 aliphatic rings. The molecule has 0 rings (SSSR count). The smallest absolute Gasteiger partial charge is 0.0900 e. The number of hydrogen-bond donors (Lipinski definition) is 2. The standard InChI is InChI=1S/C10H21O2/c1-4-7-8-9(11)10(12,5-2)6-3/h9,11-12H,1,4-8H2,2-3H3. The Bertz CT molecular complexity index is 108. The first-order valence-corrected chi connectivity index (χ1v) is 4.80. The Hall–Kier alpha value is -0.0800. The number of aliphatic hydroxyl groups excluding tert-OH is 1. The molecule has 0 aliphatic carbocycles. The highest BCUT2D eigenvalue weighted by Crippen LogP contribution is 2.22. The average Bonchev–Trinajstić information content (AvgIpc) is 2.12. The minimum Gasteiger partial charge on any atom is -0.390 e. The molecule has 12 heavy (non-hydrogen) atoms. The zero-order chi connectivity index (χ0) is 9.61. The van der Waals surface area contributed by atoms with Crippen LogP contribution in [0, 0.1) is 6.92 Å². The van der Waals surface area contributed by atoms with Crippen molar-refractivity contribution in [2.24, 2.45) is 0 Å². The highest BCUT2D eigenvalue weighted by Gasteiger charge is 2.30. The molecule has 0 bridgehead atoms. The molecule has 1 unspecified atom stereocenters. The van der Waals surface area contributed by atoms with Crippen molar-refractivity contribution < 1.29 is 10.2 Å². The van der Waals surface area contributed by atoms with Crippen LogP contribution in [0.5, 0.6) is 0 Å². The molecule has 2 nitrogen and oxygen atoms in total. The summed E-state index contributed by atoms with van der Waals surface area (Å²) in [6, 6.07) is 0. The molecule has 0 saturated heterocycles. The third kappa shape index (κ3) is 3.11. The van der Waals surface area contributed by atoms with Crippen LogP contribution in [0.4, 0.5) is 0 Å². The third-order valence-corrected chi connectivity index (χ3v) is 2.57. The van der Waals surface area contributed by atoms with Crippen LogP contribution in [0.1, 0.15) is 46.0 Å². The van der Waals surface area contributed by atoms with Gasteiger partial charge in [0.05, 0.1) is 11.7 Å². The highest BCUT2D eigenvalue weighted by atomic mass is 16.3. The minimum absolute atomic E-state index is 0.589. The molecule has 73 valence electrons. The lowest BCUT2D eigenvalue weighted by Gasteiger charge is -2.30. The molecule has 0 aromatic rings. The van der Waals surface area contributed by atoms with Crippen LogP contribution in [0.15, 0.2) is 0 Å². The molecule has 0 spiro atoms. The van der Waals surface area contributed by atoms with Crippen LogP contribution in [0.25, 0.3) is 0 Å². The van der Waals surface area contributed by atoms with Gasteiger partial charge in [-0.3, -0.25) is 0 Å². The third-order valence-electron chi connectivity index (χ3n) is 2.57. The van der Waals surface area contributed by atoms with Gasteiger partial charge in [-0.05, 0) is 19.3 Å². The van der Waals surface area contributed by atoms with E-state index in [1.807, 2.05) is 13.8 Å². The molecule has 2 N–H and O–H groups in total. The van der Waals surface area contributed by atoms with Crippen LogP contribution in [-0.4, -0.2) is 21.9 Å². The largest absolute Gasteiger partial charge is 0.390 e. The van der Waals surface area contributed by atoms with Crippen LogP contribution in [-0.2, 0) is 0 Å². The Balaban J connectivity index is 3.93. The summed E-state index contributed by atoms with van der Waals surface area (Å²) in [6.07, 6.45) is 2.99. The number of rotatable bonds is 6. The first-order chi connectivity index (χ1) is 5.60. The lowest BCUT2D eigenvalue weighted by atomic mass is 9.88. The molecule has 1 atom stereocenters. The van der Waals surface area contributed by atoms with Gasteiger partial charge in [-0.15, -0.1) is 0 Å². The fraction of sp³-hybridized carbons (Fsp3) is 0.900. The summed E-state index contributed by atoms with van der Waals surface area (Å²) in [5, 5.41) is 19.5. The Morgan fingerprint density at radius 2 is 1.83 bits per heavy atom. The van der Waals surface area contributed by atoms with E-state index in [1.165, 1.54) is 0 Å². The van der Waals surface area contributed by atoms with Crippen molar-refractivity contribution in [1.29, 1.82) is 0 Å². The first-order valence-electron chi connectivity index (χ1n) is 4.80. The Morgan fingerprint density at radius 1 is 1.33 bits per heavy atom. The van der Waals surface area contributed by atoms with E-state index in [4.69, 9.17) is 0 Å². The van der Waals surface area contributed by atoms with Gasteiger partial charge in [0.2, 0.25) is 0 Å². The van der Waals surface area contributed by atoms with Gasteiger partial charge in [-0.1, -0.05) is 33.6 Å². The SMILES string of the molecule is [CH2]CCCC(O)C(O)(CC)CC. The van der Waals surface area contributed by atoms with E-state index in [1.54, 1.807) is 0 Å². The predicted octanol–water partition coefficient (Wildman–Crippen LogP) is 1.90. The van der Waals surface area contributed by atoms with Crippen LogP contribution in [0.3, 0.4) is 0 Å². The molecular weight excluding hydrogens is 152 g/mol. The molecule has 0 aromatic heterocycles. The van der Waals surface area contributed by atoms with Crippen molar-refractivity contribution in [3.63, 3.8) is 0 Å². The summed E-state index contributed by atoms with van der Waals surface area (Å²) in [6.45, 7) is 7.50. The Kier molecular flexibility index (Phi) is 5.51. The maximum absolute atomic E-state index is 9.85. The van der Waals surface area contributed by atoms with E-state index < -0.39 is 11.7 Å². The molecule has 0 saturated carbocycles. The van der Waals surface area contributed by atoms with Gasteiger partial charge in [-0.25, -0.2) is 0 Å². The number of unbranched alkanes of at least 4 members (excludes halogenated alkanes) is 1. The zero-order valence-corrected chi connectivity index (χ0v) is 8.21. The van der Waals surface area contributed by atoms with Gasteiger partial charge >= 0.3 is 0 Å². The van der Waals surface area contributed by atoms with Gasteiger partial charge in [0, 0.05) is 0 Å². The second-order valence-electron chi connectivity index (χ2n) is 3.32. The molecular formula is C10H21O2. The van der Waals surface area contributed by atoms with Crippen LogP contribution < -0.4 is 0 Å². The van der Waals surface area contributed by atoms with Gasteiger partial charge in [0.25, 0.3) is 0 Å². The molecule has 0 heterocycles. The lowest BCUT2D eigenvalue weighted by molar-refractivity contribution is -0.0832. The molecule has 1 radical (unpaired) electrons. The molecule has 0 amide bonds. The van der Waals surface area contributed by atoms with Gasteiger partial charge in [0.15, 0.2) is 0 Å². The van der Waals surface area contributed by atoms with E-state index in [-0.39, 0.29) is 0 Å². The van der Waals surface area contributed by atoms with Crippen molar-refractivity contribution in [2.45, 2.75) is 57.7 Å². The zero-order valence-electron chi connectivity index (χ0n) is 8.21. The Labute approximate surface area is 75.6 Å². The molecule has 2 heteroatoms. The Morgan fingerprint density at radius 3 is 2.17 bits per heavy atom. The van der Waals surface area contributed by atoms with Crippen molar-refractivity contribution in [2.75, 3.05) is 0 Å². The summed E-state index contributed by atoms with van der Waals surface area (Å²) in [5.74, 6) is 0. The highest BCUT2D eigenvalue weighted by molar-refractivity contribution is 4.83. The van der Waals surface area contributed by atoms with Gasteiger partial charge in [0.1, 0.15) is 0 Å². The molecule has 0 fully saturated rings. The summed E-state index contributed by atoms with van der Waals surface area (Å²) in [7, 11) is 0. The van der Waals surface area contributed by atoms with Gasteiger partial charge in [-0.2, -0.15) is 0 Å². The number of hydrogen-bond acceptors (Lipinski definition) is 2. The number of aliphatic hydroxyl groups is 2. The monoisotopic (exact) mass is 173 g/mol. The van der Waals surface area contributed by atoms with E-state index in [0.717, 1.165) is 12.8 Å². The van der Waals surface area contributed by atoms with Crippen molar-refractivity contribution in [1.82, 2.24) is 0 Å². The van der Waals surface area contributed by atoms with E-state index >= 15 is 0 Å². The first kappa shape index (κ1) is 11.9. The summed E-state index contributed by atoms with van der Waals surface area (Å²) in [5.41, 5.74) is -0.880. The topological polar surface area (TPSA) is 40.5 Å². The normalized spacial score (nSPS) is 14.8. The quantitative estimate of drug-likeness (QED) is 0.644. The van der Waals surface area contributed by atoms with Crippen molar-refractivity contribution in [3.05, 3.63) is 6.92 Å². The molecule has 0 aromatic carbocycles. The van der Waals surface area contributed by atoms with E-state index in [0.29, 0.717) is 19.3 Å².